The van der Waals surface area contributed by atoms with Gasteiger partial charge in [0.1, 0.15) is 17.4 Å². The Morgan fingerprint density at radius 2 is 2.19 bits per heavy atom. The number of pyridine rings is 1. The summed E-state index contributed by atoms with van der Waals surface area (Å²) in [5.74, 6) is 0.255. The van der Waals surface area contributed by atoms with Crippen molar-refractivity contribution in [1.29, 1.82) is 0 Å². The van der Waals surface area contributed by atoms with Gasteiger partial charge in [-0.15, -0.1) is 11.3 Å². The maximum atomic E-state index is 12.2. The Labute approximate surface area is 154 Å². The number of likely N-dealkylation sites (tertiary alicyclic amines) is 1. The third kappa shape index (κ3) is 3.71. The van der Waals surface area contributed by atoms with E-state index in [-0.39, 0.29) is 18.4 Å². The Balaban J connectivity index is 1.37. The number of fused-ring (bicyclic) bond motifs is 1. The van der Waals surface area contributed by atoms with E-state index in [1.165, 1.54) is 5.57 Å². The first-order valence-electron chi connectivity index (χ1n) is 8.10. The molecular weight excluding hydrogens is 352 g/mol. The van der Waals surface area contributed by atoms with Gasteiger partial charge in [0.05, 0.1) is 6.61 Å². The summed E-state index contributed by atoms with van der Waals surface area (Å²) >= 11 is 1.58. The molecule has 26 heavy (non-hydrogen) atoms. The highest BCUT2D eigenvalue weighted by molar-refractivity contribution is 7.10. The molecule has 0 bridgehead atoms. The fourth-order valence-electron chi connectivity index (χ4n) is 2.71. The molecule has 1 N–H and O–H groups in total. The number of ether oxygens (including phenoxy) is 1. The molecule has 0 aromatic carbocycles. The molecule has 4 rings (SSSR count). The molecule has 7 nitrogen and oxygen atoms in total. The maximum absolute atomic E-state index is 12.2. The number of aromatic nitrogens is 2. The van der Waals surface area contributed by atoms with E-state index in [2.05, 4.69) is 15.3 Å². The number of thiazole rings is 1. The van der Waals surface area contributed by atoms with Crippen LogP contribution in [0.3, 0.4) is 0 Å². The average molecular weight is 368 g/mol. The van der Waals surface area contributed by atoms with Crippen molar-refractivity contribution in [2.45, 2.75) is 6.61 Å². The molecule has 8 heteroatoms. The Kier molecular flexibility index (Phi) is 4.59. The summed E-state index contributed by atoms with van der Waals surface area (Å²) in [5.41, 5.74) is 2.78. The van der Waals surface area contributed by atoms with E-state index in [1.807, 2.05) is 17.5 Å². The van der Waals surface area contributed by atoms with Gasteiger partial charge in [-0.25, -0.2) is 9.97 Å². The fraction of sp³-hybridized carbons (Fsp3) is 0.222. The first-order chi connectivity index (χ1) is 12.7. The molecule has 2 amide bonds. The van der Waals surface area contributed by atoms with Crippen LogP contribution in [0.4, 0.5) is 5.82 Å². The second kappa shape index (κ2) is 7.19. The van der Waals surface area contributed by atoms with E-state index in [0.717, 1.165) is 16.1 Å². The number of amides is 2. The van der Waals surface area contributed by atoms with Gasteiger partial charge >= 0.3 is 0 Å². The topological polar surface area (TPSA) is 84.4 Å². The van der Waals surface area contributed by atoms with Gasteiger partial charge in [-0.3, -0.25) is 9.59 Å². The number of hydrogen-bond acceptors (Lipinski definition) is 6. The number of carbonyl (C=O) groups excluding carboxylic acids is 2. The largest absolute Gasteiger partial charge is 0.367 e. The van der Waals surface area contributed by atoms with Gasteiger partial charge in [-0.05, 0) is 29.4 Å². The monoisotopic (exact) mass is 368 g/mol. The molecule has 2 aliphatic rings. The van der Waals surface area contributed by atoms with E-state index < -0.39 is 0 Å². The van der Waals surface area contributed by atoms with E-state index in [1.54, 1.807) is 40.8 Å². The normalized spacial score (nSPS) is 16.7. The number of nitrogens with zero attached hydrogens (tertiary/aromatic N) is 3. The van der Waals surface area contributed by atoms with E-state index in [4.69, 9.17) is 4.74 Å². The van der Waals surface area contributed by atoms with Crippen molar-refractivity contribution in [2.75, 3.05) is 25.0 Å². The molecule has 0 unspecified atom stereocenters. The molecule has 1 fully saturated rings. The summed E-state index contributed by atoms with van der Waals surface area (Å²) in [7, 11) is 0. The predicted octanol–water partition coefficient (Wildman–Crippen LogP) is 1.95. The Hall–Kier alpha value is -2.84. The predicted molar refractivity (Wildman–Crippen MR) is 98.2 cm³/mol. The minimum absolute atomic E-state index is 0.0197. The van der Waals surface area contributed by atoms with Gasteiger partial charge in [0, 0.05) is 42.5 Å². The smallest absolute Gasteiger partial charge is 0.251 e. The lowest BCUT2D eigenvalue weighted by molar-refractivity contribution is -0.127. The molecule has 0 atom stereocenters. The van der Waals surface area contributed by atoms with Gasteiger partial charge in [0.25, 0.3) is 5.91 Å². The molecular formula is C18H16N4O3S. The van der Waals surface area contributed by atoms with E-state index in [9.17, 15) is 9.59 Å². The quantitative estimate of drug-likeness (QED) is 0.837. The van der Waals surface area contributed by atoms with Crippen molar-refractivity contribution in [3.05, 3.63) is 51.6 Å². The Morgan fingerprint density at radius 3 is 3.00 bits per heavy atom. The standard InChI is InChI=1S/C18H16N4O3S/c23-15-11-25-10-14-5-12(7-20-18(14)21-15)1-2-17(24)22-8-13(9-22)6-16-19-3-4-26-16/h1-7H,8-11H2,(H,20,21,23)/b2-1+. The third-order valence-electron chi connectivity index (χ3n) is 4.03. The van der Waals surface area contributed by atoms with Crippen molar-refractivity contribution in [3.63, 3.8) is 0 Å². The first-order valence-corrected chi connectivity index (χ1v) is 8.98. The zero-order chi connectivity index (χ0) is 17.9. The fourth-order valence-corrected chi connectivity index (χ4v) is 3.33. The molecule has 0 saturated carbocycles. The summed E-state index contributed by atoms with van der Waals surface area (Å²) in [6.07, 6.45) is 8.69. The summed E-state index contributed by atoms with van der Waals surface area (Å²) in [6.45, 7) is 1.59. The van der Waals surface area contributed by atoms with Crippen molar-refractivity contribution in [2.24, 2.45) is 0 Å². The van der Waals surface area contributed by atoms with Gasteiger partial charge in [0.15, 0.2) is 0 Å². The molecule has 0 radical (unpaired) electrons. The number of nitrogens with one attached hydrogen (secondary N) is 1. The van der Waals surface area contributed by atoms with Crippen LogP contribution in [0.25, 0.3) is 12.2 Å². The van der Waals surface area contributed by atoms with Gasteiger partial charge < -0.3 is 15.0 Å². The molecule has 0 aliphatic carbocycles. The van der Waals surface area contributed by atoms with Gasteiger partial charge in [0.2, 0.25) is 5.91 Å². The lowest BCUT2D eigenvalue weighted by Gasteiger charge is -2.33. The second-order valence-electron chi connectivity index (χ2n) is 6.02. The van der Waals surface area contributed by atoms with Crippen LogP contribution in [0.2, 0.25) is 0 Å². The number of hydrogen-bond donors (Lipinski definition) is 1. The van der Waals surface area contributed by atoms with Crippen LogP contribution < -0.4 is 5.32 Å². The van der Waals surface area contributed by atoms with Gasteiger partial charge in [-0.1, -0.05) is 0 Å². The highest BCUT2D eigenvalue weighted by Crippen LogP contribution is 2.21. The molecule has 2 aromatic heterocycles. The SMILES string of the molecule is O=C1COCc2cc(/C=C/C(=O)N3CC(=Cc4nccs4)C3)cnc2N1. The number of anilines is 1. The van der Waals surface area contributed by atoms with Crippen molar-refractivity contribution in [1.82, 2.24) is 14.9 Å². The summed E-state index contributed by atoms with van der Waals surface area (Å²) in [6, 6.07) is 1.86. The highest BCUT2D eigenvalue weighted by Gasteiger charge is 2.23. The number of rotatable bonds is 3. The van der Waals surface area contributed by atoms with E-state index in [0.29, 0.717) is 25.5 Å². The van der Waals surface area contributed by atoms with Crippen LogP contribution in [0.5, 0.6) is 0 Å². The van der Waals surface area contributed by atoms with Crippen LogP contribution in [0.1, 0.15) is 16.1 Å². The minimum atomic E-state index is -0.214. The molecule has 2 aliphatic heterocycles. The third-order valence-corrected chi connectivity index (χ3v) is 4.76. The first kappa shape index (κ1) is 16.6. The van der Waals surface area contributed by atoms with E-state index >= 15 is 0 Å². The van der Waals surface area contributed by atoms with Crippen molar-refractivity contribution in [3.8, 4) is 0 Å². The second-order valence-corrected chi connectivity index (χ2v) is 6.94. The molecule has 4 heterocycles. The minimum Gasteiger partial charge on any atom is -0.367 e. The average Bonchev–Trinajstić information content (AvgIpc) is 3.03. The zero-order valence-electron chi connectivity index (χ0n) is 13.8. The molecule has 1 saturated heterocycles. The maximum Gasteiger partial charge on any atom is 0.251 e. The number of carbonyl (C=O) groups is 2. The Morgan fingerprint density at radius 1 is 1.31 bits per heavy atom. The van der Waals surface area contributed by atoms with Gasteiger partial charge in [-0.2, -0.15) is 0 Å². The Bertz CT molecular complexity index is 897. The van der Waals surface area contributed by atoms with Crippen LogP contribution in [-0.4, -0.2) is 46.4 Å². The highest BCUT2D eigenvalue weighted by atomic mass is 32.1. The van der Waals surface area contributed by atoms with Crippen LogP contribution >= 0.6 is 11.3 Å². The lowest BCUT2D eigenvalue weighted by atomic mass is 10.1. The zero-order valence-corrected chi connectivity index (χ0v) is 14.7. The summed E-state index contributed by atoms with van der Waals surface area (Å²) in [5, 5.41) is 5.59. The summed E-state index contributed by atoms with van der Waals surface area (Å²) in [4.78, 5) is 33.9. The van der Waals surface area contributed by atoms with Crippen molar-refractivity contribution < 1.29 is 14.3 Å². The molecule has 0 spiro atoms. The summed E-state index contributed by atoms with van der Waals surface area (Å²) < 4.78 is 5.27. The molecule has 2 aromatic rings. The van der Waals surface area contributed by atoms with Crippen LogP contribution in [0, 0.1) is 0 Å². The van der Waals surface area contributed by atoms with Crippen LogP contribution in [0.15, 0.2) is 35.5 Å². The van der Waals surface area contributed by atoms with Crippen molar-refractivity contribution >= 4 is 41.1 Å². The lowest BCUT2D eigenvalue weighted by Crippen LogP contribution is -2.43. The molecule has 132 valence electrons. The van der Waals surface area contributed by atoms with Crippen LogP contribution in [-0.2, 0) is 20.9 Å².